The van der Waals surface area contributed by atoms with Crippen LogP contribution in [-0.2, 0) is 6.61 Å². The number of H-pyrrole nitrogens is 2. The fourth-order valence-electron chi connectivity index (χ4n) is 3.64. The van der Waals surface area contributed by atoms with Crippen molar-refractivity contribution in [1.29, 1.82) is 0 Å². The molecule has 0 aliphatic rings. The van der Waals surface area contributed by atoms with Crippen LogP contribution in [0.1, 0.15) is 5.56 Å². The topological polar surface area (TPSA) is 70.8 Å². The Bertz CT molecular complexity index is 1540. The first-order valence-corrected chi connectivity index (χ1v) is 10.7. The smallest absolute Gasteiger partial charge is 0.261 e. The summed E-state index contributed by atoms with van der Waals surface area (Å²) in [6, 6.07) is 25.3. The molecule has 2 heterocycles. The molecular weight excluding hydrogens is 437 g/mol. The Morgan fingerprint density at radius 1 is 0.879 bits per heavy atom. The third-order valence-corrected chi connectivity index (χ3v) is 5.46. The molecule has 0 unspecified atom stereocenters. The van der Waals surface area contributed by atoms with Crippen LogP contribution in [0.5, 0.6) is 5.75 Å². The third-order valence-electron chi connectivity index (χ3n) is 5.26. The molecule has 0 saturated carbocycles. The molecule has 7 heteroatoms. The molecule has 2 aromatic heterocycles. The highest BCUT2D eigenvalue weighted by Gasteiger charge is 2.14. The van der Waals surface area contributed by atoms with Crippen LogP contribution in [0.3, 0.4) is 0 Å². The summed E-state index contributed by atoms with van der Waals surface area (Å²) in [7, 11) is 0. The number of aromatic nitrogens is 3. The van der Waals surface area contributed by atoms with Crippen molar-refractivity contribution in [3.8, 4) is 28.1 Å². The van der Waals surface area contributed by atoms with Crippen molar-refractivity contribution in [1.82, 2.24) is 15.0 Å². The molecule has 0 aliphatic heterocycles. The molecule has 0 atom stereocenters. The first-order chi connectivity index (χ1) is 16.1. The van der Waals surface area contributed by atoms with Crippen molar-refractivity contribution in [2.24, 2.45) is 0 Å². The number of pyridine rings is 1. The molecule has 0 bridgehead atoms. The molecule has 0 spiro atoms. The van der Waals surface area contributed by atoms with Gasteiger partial charge in [0.05, 0.1) is 11.1 Å². The summed E-state index contributed by atoms with van der Waals surface area (Å²) in [5.74, 6) is 0.384. The van der Waals surface area contributed by atoms with Crippen molar-refractivity contribution >= 4 is 23.3 Å². The zero-order chi connectivity index (χ0) is 22.8. The second kappa shape index (κ2) is 8.80. The van der Waals surface area contributed by atoms with Crippen molar-refractivity contribution in [2.75, 3.05) is 0 Å². The fourth-order valence-corrected chi connectivity index (χ4v) is 3.83. The number of hydrogen-bond acceptors (Lipinski definition) is 4. The lowest BCUT2D eigenvalue weighted by Crippen LogP contribution is -2.10. The highest BCUT2D eigenvalue weighted by Crippen LogP contribution is 2.31. The highest BCUT2D eigenvalue weighted by atomic mass is 32.1. The van der Waals surface area contributed by atoms with E-state index in [-0.39, 0.29) is 16.1 Å². The first kappa shape index (κ1) is 20.8. The van der Waals surface area contributed by atoms with E-state index < -0.39 is 0 Å². The Morgan fingerprint density at radius 2 is 1.58 bits per heavy atom. The Labute approximate surface area is 193 Å². The van der Waals surface area contributed by atoms with E-state index in [1.165, 1.54) is 12.1 Å². The van der Waals surface area contributed by atoms with Gasteiger partial charge in [-0.1, -0.05) is 42.5 Å². The minimum Gasteiger partial charge on any atom is -0.489 e. The average molecular weight is 456 g/mol. The van der Waals surface area contributed by atoms with E-state index in [0.29, 0.717) is 34.6 Å². The molecule has 0 fully saturated rings. The quantitative estimate of drug-likeness (QED) is 0.317. The third kappa shape index (κ3) is 4.44. The van der Waals surface area contributed by atoms with Gasteiger partial charge in [-0.05, 0) is 65.8 Å². The molecule has 5 rings (SSSR count). The van der Waals surface area contributed by atoms with Gasteiger partial charge >= 0.3 is 0 Å². The first-order valence-electron chi connectivity index (χ1n) is 10.3. The van der Waals surface area contributed by atoms with Gasteiger partial charge in [-0.15, -0.1) is 0 Å². The van der Waals surface area contributed by atoms with E-state index in [4.69, 9.17) is 17.0 Å². The zero-order valence-corrected chi connectivity index (χ0v) is 18.2. The molecule has 0 radical (unpaired) electrons. The monoisotopic (exact) mass is 455 g/mol. The lowest BCUT2D eigenvalue weighted by molar-refractivity contribution is 0.306. The maximum absolute atomic E-state index is 13.4. The maximum atomic E-state index is 13.4. The molecule has 0 amide bonds. The number of halogens is 1. The maximum Gasteiger partial charge on any atom is 0.261 e. The van der Waals surface area contributed by atoms with Crippen LogP contribution in [0.15, 0.2) is 89.7 Å². The van der Waals surface area contributed by atoms with E-state index >= 15 is 0 Å². The number of aromatic amines is 2. The van der Waals surface area contributed by atoms with Crippen LogP contribution in [0, 0.1) is 10.6 Å². The van der Waals surface area contributed by atoms with Crippen molar-refractivity contribution in [3.05, 3.63) is 111 Å². The van der Waals surface area contributed by atoms with Crippen molar-refractivity contribution in [2.45, 2.75) is 6.61 Å². The van der Waals surface area contributed by atoms with Crippen LogP contribution in [-0.4, -0.2) is 15.0 Å². The summed E-state index contributed by atoms with van der Waals surface area (Å²) in [6.45, 7) is 0.462. The molecular formula is C26H18FN3O2S. The number of nitrogens with zero attached hydrogens (tertiary/aromatic N) is 1. The van der Waals surface area contributed by atoms with Crippen molar-refractivity contribution < 1.29 is 9.13 Å². The normalized spacial score (nSPS) is 10.9. The van der Waals surface area contributed by atoms with E-state index in [2.05, 4.69) is 15.0 Å². The number of hydrogen-bond donors (Lipinski definition) is 2. The Kier molecular flexibility index (Phi) is 5.54. The minimum atomic E-state index is -0.332. The van der Waals surface area contributed by atoms with Gasteiger partial charge < -0.3 is 9.72 Å². The summed E-state index contributed by atoms with van der Waals surface area (Å²) in [5, 5.41) is 0.396. The van der Waals surface area contributed by atoms with Crippen LogP contribution < -0.4 is 10.3 Å². The van der Waals surface area contributed by atoms with E-state index in [1.54, 1.807) is 12.1 Å². The lowest BCUT2D eigenvalue weighted by Gasteiger charge is -2.11. The van der Waals surface area contributed by atoms with Gasteiger partial charge in [-0.3, -0.25) is 9.78 Å². The summed E-state index contributed by atoms with van der Waals surface area (Å²) in [4.78, 5) is 22.9. The Morgan fingerprint density at radius 3 is 2.30 bits per heavy atom. The number of rotatable bonds is 5. The number of nitrogens with one attached hydrogen (secondary N) is 2. The van der Waals surface area contributed by atoms with Gasteiger partial charge in [0, 0.05) is 11.1 Å². The SMILES string of the molecule is O=c1[nH]c(=S)[nH]c2nc(-c3ccc(F)cc3)cc(-c3ccc(OCc4ccccc4)cc3)c12. The van der Waals surface area contributed by atoms with Crippen LogP contribution in [0.25, 0.3) is 33.4 Å². The van der Waals surface area contributed by atoms with Gasteiger partial charge in [0.1, 0.15) is 23.8 Å². The van der Waals surface area contributed by atoms with Gasteiger partial charge in [-0.2, -0.15) is 0 Å². The second-order valence-corrected chi connectivity index (χ2v) is 7.90. The molecule has 162 valence electrons. The lowest BCUT2D eigenvalue weighted by atomic mass is 10.00. The predicted octanol–water partition coefficient (Wildman–Crippen LogP) is 6.03. The summed E-state index contributed by atoms with van der Waals surface area (Å²) >= 11 is 5.13. The summed E-state index contributed by atoms with van der Waals surface area (Å²) < 4.78 is 19.5. The molecule has 0 aliphatic carbocycles. The number of fused-ring (bicyclic) bond motifs is 1. The number of benzene rings is 3. The minimum absolute atomic E-state index is 0.187. The largest absolute Gasteiger partial charge is 0.489 e. The van der Waals surface area contributed by atoms with Crippen LogP contribution in [0.2, 0.25) is 0 Å². The molecule has 33 heavy (non-hydrogen) atoms. The van der Waals surface area contributed by atoms with Gasteiger partial charge in [0.2, 0.25) is 0 Å². The Hall–Kier alpha value is -4.10. The Balaban J connectivity index is 1.56. The van der Waals surface area contributed by atoms with Crippen LogP contribution >= 0.6 is 12.2 Å². The van der Waals surface area contributed by atoms with Gasteiger partial charge in [-0.25, -0.2) is 9.37 Å². The molecule has 2 N–H and O–H groups in total. The van der Waals surface area contributed by atoms with E-state index in [1.807, 2.05) is 60.7 Å². The summed E-state index contributed by atoms with van der Waals surface area (Å²) in [5.41, 5.74) is 3.93. The summed E-state index contributed by atoms with van der Waals surface area (Å²) in [6.07, 6.45) is 0. The standard InChI is InChI=1S/C26H18FN3O2S/c27-19-10-6-18(7-11-19)22-14-21(23-24(28-22)29-26(33)30-25(23)31)17-8-12-20(13-9-17)32-15-16-4-2-1-3-5-16/h1-14H,15H2,(H2,28,29,30,31,33). The van der Waals surface area contributed by atoms with Gasteiger partial charge in [0.25, 0.3) is 5.56 Å². The highest BCUT2D eigenvalue weighted by molar-refractivity contribution is 7.71. The van der Waals surface area contributed by atoms with Crippen LogP contribution in [0.4, 0.5) is 4.39 Å². The second-order valence-electron chi connectivity index (χ2n) is 7.49. The van der Waals surface area contributed by atoms with E-state index in [9.17, 15) is 9.18 Å². The molecule has 5 aromatic rings. The zero-order valence-electron chi connectivity index (χ0n) is 17.3. The predicted molar refractivity (Wildman–Crippen MR) is 129 cm³/mol. The molecule has 5 nitrogen and oxygen atoms in total. The van der Waals surface area contributed by atoms with Gasteiger partial charge in [0.15, 0.2) is 4.77 Å². The fraction of sp³-hybridized carbons (Fsp3) is 0.0385. The van der Waals surface area contributed by atoms with Crippen molar-refractivity contribution in [3.63, 3.8) is 0 Å². The number of ether oxygens (including phenoxy) is 1. The molecule has 0 saturated heterocycles. The molecule has 3 aromatic carbocycles. The van der Waals surface area contributed by atoms with E-state index in [0.717, 1.165) is 16.7 Å². The average Bonchev–Trinajstić information content (AvgIpc) is 2.83.